The van der Waals surface area contributed by atoms with Crippen molar-refractivity contribution in [3.63, 3.8) is 0 Å². The van der Waals surface area contributed by atoms with Crippen molar-refractivity contribution in [2.24, 2.45) is 0 Å². The third-order valence-electron chi connectivity index (χ3n) is 1.74. The summed E-state index contributed by atoms with van der Waals surface area (Å²) in [5, 5.41) is 19.5. The Hall–Kier alpha value is -0.940. The van der Waals surface area contributed by atoms with Gasteiger partial charge in [0.05, 0.1) is 5.69 Å². The maximum absolute atomic E-state index is 8.58. The fraction of sp³-hybridized carbons (Fsp3) is 0.750. The van der Waals surface area contributed by atoms with E-state index >= 15 is 0 Å². The van der Waals surface area contributed by atoms with Crippen molar-refractivity contribution in [1.82, 2.24) is 20.3 Å². The Bertz CT molecular complexity index is 236. The van der Waals surface area contributed by atoms with Crippen LogP contribution in [0.3, 0.4) is 0 Å². The molecule has 0 radical (unpaired) electrons. The highest BCUT2D eigenvalue weighted by molar-refractivity contribution is 4.90. The van der Waals surface area contributed by atoms with Gasteiger partial charge in [0.2, 0.25) is 0 Å². The van der Waals surface area contributed by atoms with E-state index in [-0.39, 0.29) is 6.61 Å². The molecule has 0 saturated heterocycles. The van der Waals surface area contributed by atoms with Crippen molar-refractivity contribution in [2.75, 3.05) is 13.7 Å². The van der Waals surface area contributed by atoms with Crippen LogP contribution in [0.25, 0.3) is 0 Å². The molecular formula is C8H16N4O. The fourth-order valence-corrected chi connectivity index (χ4v) is 1.10. The lowest BCUT2D eigenvalue weighted by Gasteiger charge is -1.97. The second-order valence-corrected chi connectivity index (χ2v) is 2.93. The third kappa shape index (κ3) is 3.52. The molecule has 0 amide bonds. The Morgan fingerprint density at radius 1 is 1.54 bits per heavy atom. The van der Waals surface area contributed by atoms with E-state index in [9.17, 15) is 0 Å². The molecule has 0 aliphatic carbocycles. The van der Waals surface area contributed by atoms with Gasteiger partial charge in [-0.1, -0.05) is 5.21 Å². The van der Waals surface area contributed by atoms with Gasteiger partial charge in [-0.3, -0.25) is 4.68 Å². The van der Waals surface area contributed by atoms with Gasteiger partial charge in [0.15, 0.2) is 0 Å². The van der Waals surface area contributed by atoms with E-state index in [1.54, 1.807) is 0 Å². The topological polar surface area (TPSA) is 63.0 Å². The van der Waals surface area contributed by atoms with Crippen molar-refractivity contribution in [2.45, 2.75) is 25.9 Å². The van der Waals surface area contributed by atoms with Gasteiger partial charge in [-0.05, 0) is 19.9 Å². The molecule has 74 valence electrons. The molecule has 0 aliphatic rings. The van der Waals surface area contributed by atoms with Gasteiger partial charge in [-0.25, -0.2) is 0 Å². The van der Waals surface area contributed by atoms with Crippen LogP contribution in [0.2, 0.25) is 0 Å². The van der Waals surface area contributed by atoms with Crippen LogP contribution < -0.4 is 5.32 Å². The average molecular weight is 184 g/mol. The van der Waals surface area contributed by atoms with E-state index < -0.39 is 0 Å². The quantitative estimate of drug-likeness (QED) is 0.599. The summed E-state index contributed by atoms with van der Waals surface area (Å²) in [6.07, 6.45) is 3.69. The predicted molar refractivity (Wildman–Crippen MR) is 49.1 cm³/mol. The van der Waals surface area contributed by atoms with E-state index in [1.165, 1.54) is 0 Å². The largest absolute Gasteiger partial charge is 0.396 e. The van der Waals surface area contributed by atoms with Crippen LogP contribution in [0.1, 0.15) is 18.5 Å². The number of rotatable bonds is 6. The van der Waals surface area contributed by atoms with Crippen molar-refractivity contribution in [3.8, 4) is 0 Å². The molecule has 1 heterocycles. The van der Waals surface area contributed by atoms with Crippen molar-refractivity contribution >= 4 is 0 Å². The summed E-state index contributed by atoms with van der Waals surface area (Å²) < 4.78 is 1.81. The Balaban J connectivity index is 2.31. The van der Waals surface area contributed by atoms with Gasteiger partial charge >= 0.3 is 0 Å². The van der Waals surface area contributed by atoms with Crippen molar-refractivity contribution < 1.29 is 5.11 Å². The highest BCUT2D eigenvalue weighted by atomic mass is 16.2. The molecule has 1 aromatic rings. The number of aryl methyl sites for hydroxylation is 1. The molecule has 13 heavy (non-hydrogen) atoms. The van der Waals surface area contributed by atoms with Gasteiger partial charge in [-0.2, -0.15) is 0 Å². The van der Waals surface area contributed by atoms with Gasteiger partial charge in [0.1, 0.15) is 0 Å². The molecule has 0 unspecified atom stereocenters. The maximum atomic E-state index is 8.58. The molecule has 0 saturated carbocycles. The van der Waals surface area contributed by atoms with Crippen molar-refractivity contribution in [3.05, 3.63) is 11.9 Å². The molecule has 0 fully saturated rings. The third-order valence-corrected chi connectivity index (χ3v) is 1.74. The fourth-order valence-electron chi connectivity index (χ4n) is 1.10. The zero-order valence-corrected chi connectivity index (χ0v) is 7.90. The first-order valence-corrected chi connectivity index (χ1v) is 4.51. The molecule has 1 rings (SSSR count). The second kappa shape index (κ2) is 5.66. The minimum Gasteiger partial charge on any atom is -0.396 e. The first-order chi connectivity index (χ1) is 6.36. The Kier molecular flexibility index (Phi) is 4.42. The summed E-state index contributed by atoms with van der Waals surface area (Å²) in [5.74, 6) is 0. The van der Waals surface area contributed by atoms with Gasteiger partial charge in [-0.15, -0.1) is 5.10 Å². The predicted octanol–water partition coefficient (Wildman–Crippen LogP) is -0.230. The summed E-state index contributed by atoms with van der Waals surface area (Å²) in [5.41, 5.74) is 0.950. The van der Waals surface area contributed by atoms with Crippen LogP contribution >= 0.6 is 0 Å². The van der Waals surface area contributed by atoms with E-state index in [0.29, 0.717) is 0 Å². The summed E-state index contributed by atoms with van der Waals surface area (Å²) in [4.78, 5) is 0. The standard InChI is InChI=1S/C8H16N4O/c1-9-6-8-7-12(11-10-8)4-2-3-5-13/h7,9,13H,2-6H2,1H3. The van der Waals surface area contributed by atoms with Crippen LogP contribution in [-0.4, -0.2) is 33.8 Å². The molecular weight excluding hydrogens is 168 g/mol. The number of nitrogens with zero attached hydrogens (tertiary/aromatic N) is 3. The number of aliphatic hydroxyl groups excluding tert-OH is 1. The molecule has 0 spiro atoms. The second-order valence-electron chi connectivity index (χ2n) is 2.93. The van der Waals surface area contributed by atoms with Crippen LogP contribution in [0.15, 0.2) is 6.20 Å². The molecule has 2 N–H and O–H groups in total. The summed E-state index contributed by atoms with van der Waals surface area (Å²) >= 11 is 0. The zero-order chi connectivity index (χ0) is 9.52. The summed E-state index contributed by atoms with van der Waals surface area (Å²) in [6.45, 7) is 1.83. The normalized spacial score (nSPS) is 10.6. The minimum absolute atomic E-state index is 0.248. The molecule has 1 aromatic heterocycles. The molecule has 5 nitrogen and oxygen atoms in total. The van der Waals surface area contributed by atoms with E-state index in [0.717, 1.165) is 31.6 Å². The molecule has 0 bridgehead atoms. The van der Waals surface area contributed by atoms with Crippen LogP contribution in [-0.2, 0) is 13.1 Å². The molecule has 0 aromatic carbocycles. The zero-order valence-electron chi connectivity index (χ0n) is 7.90. The Morgan fingerprint density at radius 3 is 3.08 bits per heavy atom. The number of aromatic nitrogens is 3. The Morgan fingerprint density at radius 2 is 2.38 bits per heavy atom. The lowest BCUT2D eigenvalue weighted by Crippen LogP contribution is -2.05. The SMILES string of the molecule is CNCc1cn(CCCCO)nn1. The van der Waals surface area contributed by atoms with E-state index in [1.807, 2.05) is 17.9 Å². The van der Waals surface area contributed by atoms with E-state index in [4.69, 9.17) is 5.11 Å². The maximum Gasteiger partial charge on any atom is 0.0964 e. The van der Waals surface area contributed by atoms with Gasteiger partial charge in [0, 0.05) is 25.9 Å². The monoisotopic (exact) mass is 184 g/mol. The smallest absolute Gasteiger partial charge is 0.0964 e. The highest BCUT2D eigenvalue weighted by Gasteiger charge is 1.98. The van der Waals surface area contributed by atoms with Crippen molar-refractivity contribution in [1.29, 1.82) is 0 Å². The van der Waals surface area contributed by atoms with Crippen LogP contribution in [0.5, 0.6) is 0 Å². The molecule has 0 atom stereocenters. The number of hydrogen-bond donors (Lipinski definition) is 2. The lowest BCUT2D eigenvalue weighted by atomic mass is 10.3. The van der Waals surface area contributed by atoms with Gasteiger partial charge in [0.25, 0.3) is 0 Å². The first kappa shape index (κ1) is 10.1. The first-order valence-electron chi connectivity index (χ1n) is 4.51. The number of aliphatic hydroxyl groups is 1. The molecule has 0 aliphatic heterocycles. The highest BCUT2D eigenvalue weighted by Crippen LogP contribution is 1.95. The average Bonchev–Trinajstić information content (AvgIpc) is 2.54. The number of unbranched alkanes of at least 4 members (excludes halogenated alkanes) is 1. The summed E-state index contributed by atoms with van der Waals surface area (Å²) in [7, 11) is 1.88. The number of nitrogens with one attached hydrogen (secondary N) is 1. The number of hydrogen-bond acceptors (Lipinski definition) is 4. The van der Waals surface area contributed by atoms with Crippen LogP contribution in [0.4, 0.5) is 0 Å². The molecule has 5 heteroatoms. The van der Waals surface area contributed by atoms with E-state index in [2.05, 4.69) is 15.6 Å². The van der Waals surface area contributed by atoms with Crippen LogP contribution in [0, 0.1) is 0 Å². The van der Waals surface area contributed by atoms with Gasteiger partial charge < -0.3 is 10.4 Å². The Labute approximate surface area is 77.8 Å². The summed E-state index contributed by atoms with van der Waals surface area (Å²) in [6, 6.07) is 0. The minimum atomic E-state index is 0.248. The lowest BCUT2D eigenvalue weighted by molar-refractivity contribution is 0.280.